The highest BCUT2D eigenvalue weighted by Crippen LogP contribution is 2.48. The maximum atomic E-state index is 12.4. The molecule has 46 heavy (non-hydrogen) atoms. The maximum Gasteiger partial charge on any atom is 0.209 e. The van der Waals surface area contributed by atoms with E-state index in [-0.39, 0.29) is 10.8 Å². The first-order valence-electron chi connectivity index (χ1n) is 17.1. The molecule has 0 radical (unpaired) electrons. The van der Waals surface area contributed by atoms with Crippen LogP contribution < -0.4 is 4.90 Å². The Hall–Kier alpha value is -2.89. The lowest BCUT2D eigenvalue weighted by molar-refractivity contribution is -0.438. The Balaban J connectivity index is 1.51. The van der Waals surface area contributed by atoms with Crippen molar-refractivity contribution in [1.29, 1.82) is 0 Å². The number of hydrogen-bond acceptors (Lipinski definition) is 3. The van der Waals surface area contributed by atoms with Crippen molar-refractivity contribution >= 4 is 38.5 Å². The van der Waals surface area contributed by atoms with E-state index in [0.717, 1.165) is 79.9 Å². The number of hydrogen-bond donors (Lipinski definition) is 0. The summed E-state index contributed by atoms with van der Waals surface area (Å²) in [4.78, 5) is 2.89. The zero-order valence-electron chi connectivity index (χ0n) is 29.1. The summed E-state index contributed by atoms with van der Waals surface area (Å²) in [5.74, 6) is 0. The third-order valence-electron chi connectivity index (χ3n) is 10.2. The van der Waals surface area contributed by atoms with Gasteiger partial charge in [-0.1, -0.05) is 82.0 Å². The van der Waals surface area contributed by atoms with Crippen LogP contribution in [0.4, 0.5) is 11.4 Å². The molecule has 0 spiro atoms. The molecule has 0 saturated heterocycles. The monoisotopic (exact) mass is 659 g/mol. The molecule has 2 heterocycles. The highest BCUT2D eigenvalue weighted by Gasteiger charge is 2.45. The van der Waals surface area contributed by atoms with Crippen molar-refractivity contribution in [3.05, 3.63) is 99.3 Å². The molecule has 3 aliphatic rings. The number of sulfone groups is 1. The van der Waals surface area contributed by atoms with Crippen LogP contribution >= 0.6 is 11.6 Å². The Labute approximate surface area is 283 Å². The Kier molecular flexibility index (Phi) is 9.97. The summed E-state index contributed by atoms with van der Waals surface area (Å²) in [6.07, 6.45) is 17.7. The van der Waals surface area contributed by atoms with Gasteiger partial charge in [0.1, 0.15) is 6.54 Å². The van der Waals surface area contributed by atoms with Crippen molar-refractivity contribution in [2.24, 2.45) is 0 Å². The molecular formula is C40H52ClN2O2S+. The molecule has 4 nitrogen and oxygen atoms in total. The van der Waals surface area contributed by atoms with E-state index in [4.69, 9.17) is 11.6 Å². The van der Waals surface area contributed by atoms with Gasteiger partial charge in [0.05, 0.1) is 10.3 Å². The van der Waals surface area contributed by atoms with E-state index in [9.17, 15) is 8.42 Å². The van der Waals surface area contributed by atoms with E-state index >= 15 is 0 Å². The second kappa shape index (κ2) is 13.3. The van der Waals surface area contributed by atoms with Crippen LogP contribution in [-0.4, -0.2) is 38.1 Å². The van der Waals surface area contributed by atoms with Crippen molar-refractivity contribution in [3.8, 4) is 0 Å². The van der Waals surface area contributed by atoms with Gasteiger partial charge in [0, 0.05) is 58.8 Å². The predicted octanol–water partition coefficient (Wildman–Crippen LogP) is 10.2. The number of unbranched alkanes of at least 4 members (excludes halogenated alkanes) is 2. The van der Waals surface area contributed by atoms with Crippen LogP contribution in [0.15, 0.2) is 87.5 Å². The molecule has 2 aliphatic heterocycles. The molecule has 246 valence electrons. The number of anilines is 1. The van der Waals surface area contributed by atoms with Crippen LogP contribution in [0.25, 0.3) is 0 Å². The van der Waals surface area contributed by atoms with E-state index in [0.29, 0.717) is 4.90 Å². The predicted molar refractivity (Wildman–Crippen MR) is 196 cm³/mol. The van der Waals surface area contributed by atoms with Crippen molar-refractivity contribution < 1.29 is 13.0 Å². The third kappa shape index (κ3) is 6.47. The average Bonchev–Trinajstić information content (AvgIpc) is 3.34. The van der Waals surface area contributed by atoms with E-state index in [1.54, 1.807) is 6.07 Å². The molecule has 0 saturated carbocycles. The largest absolute Gasteiger partial charge is 0.344 e. The van der Waals surface area contributed by atoms with Gasteiger partial charge in [-0.05, 0) is 87.4 Å². The Bertz CT molecular complexity index is 1790. The molecule has 2 aromatic carbocycles. The van der Waals surface area contributed by atoms with E-state index in [1.807, 2.05) is 12.1 Å². The summed E-state index contributed by atoms with van der Waals surface area (Å²) in [7, 11) is -3.30. The zero-order valence-corrected chi connectivity index (χ0v) is 30.7. The van der Waals surface area contributed by atoms with Gasteiger partial charge < -0.3 is 4.90 Å². The smallest absolute Gasteiger partial charge is 0.209 e. The summed E-state index contributed by atoms with van der Waals surface area (Å²) in [5.41, 5.74) is 10.6. The van der Waals surface area contributed by atoms with Gasteiger partial charge in [-0.25, -0.2) is 8.42 Å². The summed E-state index contributed by atoms with van der Waals surface area (Å²) in [6, 6.07) is 12.5. The quantitative estimate of drug-likeness (QED) is 0.238. The van der Waals surface area contributed by atoms with Crippen LogP contribution in [0.3, 0.4) is 0 Å². The van der Waals surface area contributed by atoms with Crippen molar-refractivity contribution in [1.82, 2.24) is 0 Å². The molecule has 2 aromatic rings. The Morgan fingerprint density at radius 2 is 1.65 bits per heavy atom. The standard InChI is InChI=1S/C40H52ClN2O2S/c1-9-11-24-42-34-20-16-28(3)26-32(34)39(4,5)36(42)22-17-29-14-13-15-30(38(29)41)18-23-37-40(6,7)33-27-31(46(8,44)45)19-21-35(33)43(37)25-12-10-2/h16-23,26-27H,9-15,24-25H2,1-8H3/q+1. The van der Waals surface area contributed by atoms with Crippen molar-refractivity contribution in [2.45, 2.75) is 109 Å². The van der Waals surface area contributed by atoms with Gasteiger partial charge in [0.15, 0.2) is 15.5 Å². The fraction of sp³-hybridized carbons (Fsp3) is 0.475. The number of halogens is 1. The van der Waals surface area contributed by atoms with Crippen LogP contribution in [0, 0.1) is 6.92 Å². The van der Waals surface area contributed by atoms with Gasteiger partial charge in [0.25, 0.3) is 0 Å². The van der Waals surface area contributed by atoms with Gasteiger partial charge in [-0.15, -0.1) is 0 Å². The number of benzene rings is 2. The number of aryl methyl sites for hydroxylation is 1. The molecule has 1 aliphatic carbocycles. The second-order valence-electron chi connectivity index (χ2n) is 14.4. The van der Waals surface area contributed by atoms with E-state index < -0.39 is 9.84 Å². The Morgan fingerprint density at radius 3 is 2.35 bits per heavy atom. The molecule has 0 bridgehead atoms. The van der Waals surface area contributed by atoms with E-state index in [1.165, 1.54) is 40.1 Å². The van der Waals surface area contributed by atoms with Gasteiger partial charge >= 0.3 is 0 Å². The number of allylic oxidation sites excluding steroid dienone is 8. The number of nitrogens with zero attached hydrogens (tertiary/aromatic N) is 2. The summed E-state index contributed by atoms with van der Waals surface area (Å²) in [5, 5.41) is 0.858. The van der Waals surface area contributed by atoms with Gasteiger partial charge in [-0.3, -0.25) is 0 Å². The summed E-state index contributed by atoms with van der Waals surface area (Å²) >= 11 is 7.20. The summed E-state index contributed by atoms with van der Waals surface area (Å²) in [6.45, 7) is 17.6. The van der Waals surface area contributed by atoms with Crippen LogP contribution in [0.2, 0.25) is 0 Å². The molecule has 0 amide bonds. The van der Waals surface area contributed by atoms with Crippen molar-refractivity contribution in [3.63, 3.8) is 0 Å². The lowest BCUT2D eigenvalue weighted by atomic mass is 9.81. The lowest BCUT2D eigenvalue weighted by Gasteiger charge is -2.27. The first-order chi connectivity index (χ1) is 21.7. The normalized spacial score (nSPS) is 20.8. The lowest BCUT2D eigenvalue weighted by Crippen LogP contribution is -2.28. The number of fused-ring (bicyclic) bond motifs is 2. The fourth-order valence-corrected chi connectivity index (χ4v) is 8.32. The molecule has 0 atom stereocenters. The fourth-order valence-electron chi connectivity index (χ4n) is 7.36. The Morgan fingerprint density at radius 1 is 0.913 bits per heavy atom. The van der Waals surface area contributed by atoms with Crippen LogP contribution in [-0.2, 0) is 20.7 Å². The SMILES string of the molecule is CCCCN1/C(=C/C=C2\CCCC(/C=C/C3=[N+](CCCC)c4ccc(S(C)(=O)=O)cc4C3(C)C)=C2Cl)C(C)(C)c2cc(C)ccc21. The third-order valence-corrected chi connectivity index (χ3v) is 11.7. The maximum absolute atomic E-state index is 12.4. The van der Waals surface area contributed by atoms with Gasteiger partial charge in [-0.2, -0.15) is 4.58 Å². The molecular weight excluding hydrogens is 608 g/mol. The highest BCUT2D eigenvalue weighted by atomic mass is 35.5. The minimum atomic E-state index is -3.30. The van der Waals surface area contributed by atoms with Crippen LogP contribution in [0.5, 0.6) is 0 Å². The molecule has 0 fully saturated rings. The van der Waals surface area contributed by atoms with Gasteiger partial charge in [0.2, 0.25) is 5.69 Å². The molecule has 5 rings (SSSR count). The average molecular weight is 660 g/mol. The second-order valence-corrected chi connectivity index (χ2v) is 16.8. The highest BCUT2D eigenvalue weighted by molar-refractivity contribution is 7.90. The van der Waals surface area contributed by atoms with Crippen molar-refractivity contribution in [2.75, 3.05) is 24.2 Å². The molecule has 0 N–H and O–H groups in total. The minimum absolute atomic E-state index is 0.0850. The molecule has 6 heteroatoms. The first kappa shape index (κ1) is 34.4. The van der Waals surface area contributed by atoms with E-state index in [2.05, 4.69) is 100 Å². The minimum Gasteiger partial charge on any atom is -0.344 e. The number of rotatable bonds is 10. The van der Waals surface area contributed by atoms with Crippen LogP contribution in [0.1, 0.15) is 103 Å². The topological polar surface area (TPSA) is 40.4 Å². The molecule has 0 unspecified atom stereocenters. The zero-order chi connectivity index (χ0) is 33.4. The first-order valence-corrected chi connectivity index (χ1v) is 19.3. The molecule has 0 aromatic heterocycles. The summed E-state index contributed by atoms with van der Waals surface area (Å²) < 4.78 is 27.2.